The van der Waals surface area contributed by atoms with E-state index < -0.39 is 0 Å². The van der Waals surface area contributed by atoms with Gasteiger partial charge >= 0.3 is 0 Å². The summed E-state index contributed by atoms with van der Waals surface area (Å²) in [5, 5.41) is 2.80. The molecule has 1 aromatic carbocycles. The second-order valence-electron chi connectivity index (χ2n) is 5.62. The smallest absolute Gasteiger partial charge is 0.255 e. The van der Waals surface area contributed by atoms with Gasteiger partial charge in [-0.05, 0) is 44.9 Å². The summed E-state index contributed by atoms with van der Waals surface area (Å²) in [7, 11) is 0. The molecule has 0 bridgehead atoms. The summed E-state index contributed by atoms with van der Waals surface area (Å²) in [5.74, 6) is 0.664. The Balaban J connectivity index is 2.45. The number of rotatable bonds is 6. The SMILES string of the molecule is CCNC(=O)c1c(C)nc(N)nc1C(CC)Oc1cccc(C)c1. The summed E-state index contributed by atoms with van der Waals surface area (Å²) in [6.07, 6.45) is 0.268. The minimum absolute atomic E-state index is 0.141. The number of amides is 1. The van der Waals surface area contributed by atoms with Crippen LogP contribution in [0.15, 0.2) is 24.3 Å². The van der Waals surface area contributed by atoms with Gasteiger partial charge in [-0.15, -0.1) is 0 Å². The Bertz CT molecular complexity index is 731. The van der Waals surface area contributed by atoms with Crippen LogP contribution in [0.4, 0.5) is 5.95 Å². The molecule has 0 saturated heterocycles. The predicted octanol–water partition coefficient (Wildman–Crippen LogP) is 2.96. The monoisotopic (exact) mass is 328 g/mol. The molecule has 0 fully saturated rings. The molecule has 2 rings (SSSR count). The number of nitrogen functional groups attached to an aromatic ring is 1. The zero-order valence-corrected chi connectivity index (χ0v) is 14.6. The van der Waals surface area contributed by atoms with Gasteiger partial charge in [0.1, 0.15) is 11.9 Å². The van der Waals surface area contributed by atoms with Gasteiger partial charge in [0, 0.05) is 6.54 Å². The maximum atomic E-state index is 12.4. The molecule has 1 amide bonds. The second-order valence-corrected chi connectivity index (χ2v) is 5.62. The number of hydrogen-bond donors (Lipinski definition) is 2. The molecule has 0 radical (unpaired) electrons. The lowest BCUT2D eigenvalue weighted by Crippen LogP contribution is -2.28. The normalized spacial score (nSPS) is 11.8. The van der Waals surface area contributed by atoms with E-state index in [2.05, 4.69) is 15.3 Å². The quantitative estimate of drug-likeness (QED) is 0.851. The van der Waals surface area contributed by atoms with E-state index in [1.54, 1.807) is 6.92 Å². The lowest BCUT2D eigenvalue weighted by Gasteiger charge is -2.21. The van der Waals surface area contributed by atoms with E-state index in [9.17, 15) is 4.79 Å². The third-order valence-corrected chi connectivity index (χ3v) is 3.64. The molecule has 1 unspecified atom stereocenters. The number of aromatic nitrogens is 2. The van der Waals surface area contributed by atoms with Gasteiger partial charge < -0.3 is 15.8 Å². The molecule has 1 aromatic heterocycles. The van der Waals surface area contributed by atoms with Crippen molar-refractivity contribution >= 4 is 11.9 Å². The van der Waals surface area contributed by atoms with E-state index in [4.69, 9.17) is 10.5 Å². The van der Waals surface area contributed by atoms with Crippen LogP contribution in [-0.2, 0) is 0 Å². The fourth-order valence-corrected chi connectivity index (χ4v) is 2.57. The summed E-state index contributed by atoms with van der Waals surface area (Å²) < 4.78 is 6.08. The molecule has 1 heterocycles. The lowest BCUT2D eigenvalue weighted by molar-refractivity contribution is 0.0947. The Hall–Kier alpha value is -2.63. The van der Waals surface area contributed by atoms with Gasteiger partial charge in [0.2, 0.25) is 5.95 Å². The fourth-order valence-electron chi connectivity index (χ4n) is 2.57. The van der Waals surface area contributed by atoms with Gasteiger partial charge in [0.15, 0.2) is 0 Å². The number of anilines is 1. The van der Waals surface area contributed by atoms with E-state index in [0.29, 0.717) is 29.9 Å². The van der Waals surface area contributed by atoms with Crippen molar-refractivity contribution in [3.63, 3.8) is 0 Å². The zero-order chi connectivity index (χ0) is 17.7. The molecule has 0 spiro atoms. The molecule has 2 aromatic rings. The summed E-state index contributed by atoms with van der Waals surface area (Å²) in [5.41, 5.74) is 8.41. The van der Waals surface area contributed by atoms with Gasteiger partial charge in [-0.2, -0.15) is 0 Å². The van der Waals surface area contributed by atoms with Gasteiger partial charge in [-0.1, -0.05) is 19.1 Å². The number of nitrogens with two attached hydrogens (primary N) is 1. The molecule has 0 saturated carbocycles. The van der Waals surface area contributed by atoms with Crippen LogP contribution in [0.2, 0.25) is 0 Å². The van der Waals surface area contributed by atoms with Crippen LogP contribution in [-0.4, -0.2) is 22.4 Å². The largest absolute Gasteiger partial charge is 0.484 e. The van der Waals surface area contributed by atoms with Gasteiger partial charge in [0.05, 0.1) is 17.0 Å². The van der Waals surface area contributed by atoms with Crippen LogP contribution >= 0.6 is 0 Å². The third kappa shape index (κ3) is 4.01. The van der Waals surface area contributed by atoms with Crippen LogP contribution in [0.5, 0.6) is 5.75 Å². The number of hydrogen-bond acceptors (Lipinski definition) is 5. The molecule has 6 heteroatoms. The topological polar surface area (TPSA) is 90.1 Å². The van der Waals surface area contributed by atoms with Crippen molar-refractivity contribution in [2.45, 2.75) is 40.2 Å². The van der Waals surface area contributed by atoms with Crippen LogP contribution in [0.3, 0.4) is 0 Å². The number of ether oxygens (including phenoxy) is 1. The maximum Gasteiger partial charge on any atom is 0.255 e. The number of benzene rings is 1. The highest BCUT2D eigenvalue weighted by molar-refractivity contribution is 5.96. The summed E-state index contributed by atoms with van der Waals surface area (Å²) >= 11 is 0. The molecule has 0 aliphatic heterocycles. The molecular formula is C18H24N4O2. The van der Waals surface area contributed by atoms with Crippen molar-refractivity contribution in [1.82, 2.24) is 15.3 Å². The van der Waals surface area contributed by atoms with E-state index in [-0.39, 0.29) is 18.0 Å². The van der Waals surface area contributed by atoms with Crippen LogP contribution in [0, 0.1) is 13.8 Å². The number of carbonyl (C=O) groups is 1. The first kappa shape index (κ1) is 17.7. The van der Waals surface area contributed by atoms with E-state index in [1.165, 1.54) is 0 Å². The lowest BCUT2D eigenvalue weighted by atomic mass is 10.0. The van der Waals surface area contributed by atoms with Crippen molar-refractivity contribution in [3.8, 4) is 5.75 Å². The highest BCUT2D eigenvalue weighted by Gasteiger charge is 2.25. The highest BCUT2D eigenvalue weighted by Crippen LogP contribution is 2.28. The van der Waals surface area contributed by atoms with Gasteiger partial charge in [-0.3, -0.25) is 4.79 Å². The predicted molar refractivity (Wildman–Crippen MR) is 94.0 cm³/mol. The Labute approximate surface area is 142 Å². The molecule has 128 valence electrons. The van der Waals surface area contributed by atoms with Gasteiger partial charge in [0.25, 0.3) is 5.91 Å². The third-order valence-electron chi connectivity index (χ3n) is 3.64. The minimum atomic E-state index is -0.381. The van der Waals surface area contributed by atoms with Crippen molar-refractivity contribution in [1.29, 1.82) is 0 Å². The summed E-state index contributed by atoms with van der Waals surface area (Å²) in [6, 6.07) is 7.77. The molecule has 6 nitrogen and oxygen atoms in total. The number of nitrogens with zero attached hydrogens (tertiary/aromatic N) is 2. The maximum absolute atomic E-state index is 12.4. The van der Waals surface area contributed by atoms with Crippen molar-refractivity contribution in [3.05, 3.63) is 46.8 Å². The van der Waals surface area contributed by atoms with Crippen LogP contribution in [0.25, 0.3) is 0 Å². The van der Waals surface area contributed by atoms with Crippen molar-refractivity contribution in [2.24, 2.45) is 0 Å². The first-order valence-electron chi connectivity index (χ1n) is 8.11. The average Bonchev–Trinajstić information content (AvgIpc) is 2.52. The fraction of sp³-hybridized carbons (Fsp3) is 0.389. The van der Waals surface area contributed by atoms with Gasteiger partial charge in [-0.25, -0.2) is 9.97 Å². The molecule has 1 atom stereocenters. The van der Waals surface area contributed by atoms with Crippen molar-refractivity contribution < 1.29 is 9.53 Å². The first-order chi connectivity index (χ1) is 11.5. The summed E-state index contributed by atoms with van der Waals surface area (Å²) in [4.78, 5) is 20.9. The Morgan fingerprint density at radius 2 is 2.04 bits per heavy atom. The minimum Gasteiger partial charge on any atom is -0.484 e. The standard InChI is InChI=1S/C18H24N4O2/c1-5-14(24-13-9-7-8-11(3)10-13)16-15(17(23)20-6-2)12(4)21-18(19)22-16/h7-10,14H,5-6H2,1-4H3,(H,20,23)(H2,19,21,22). The summed E-state index contributed by atoms with van der Waals surface area (Å²) in [6.45, 7) is 8.13. The molecule has 0 aliphatic carbocycles. The number of nitrogens with one attached hydrogen (secondary N) is 1. The zero-order valence-electron chi connectivity index (χ0n) is 14.6. The van der Waals surface area contributed by atoms with Crippen LogP contribution < -0.4 is 15.8 Å². The Morgan fingerprint density at radius 1 is 1.29 bits per heavy atom. The Morgan fingerprint density at radius 3 is 2.67 bits per heavy atom. The molecular weight excluding hydrogens is 304 g/mol. The van der Waals surface area contributed by atoms with Crippen LogP contribution in [0.1, 0.15) is 53.7 Å². The second kappa shape index (κ2) is 7.77. The van der Waals surface area contributed by atoms with E-state index >= 15 is 0 Å². The molecule has 3 N–H and O–H groups in total. The molecule has 0 aliphatic rings. The highest BCUT2D eigenvalue weighted by atomic mass is 16.5. The average molecular weight is 328 g/mol. The number of carbonyl (C=O) groups excluding carboxylic acids is 1. The molecule has 24 heavy (non-hydrogen) atoms. The first-order valence-corrected chi connectivity index (χ1v) is 8.11. The van der Waals surface area contributed by atoms with E-state index in [1.807, 2.05) is 45.0 Å². The van der Waals surface area contributed by atoms with E-state index in [0.717, 1.165) is 11.3 Å². The number of aryl methyl sites for hydroxylation is 2. The Kier molecular flexibility index (Phi) is 5.73. The van der Waals surface area contributed by atoms with Crippen molar-refractivity contribution in [2.75, 3.05) is 12.3 Å².